The zero-order chi connectivity index (χ0) is 13.9. The number of likely N-dealkylation sites (tertiary alicyclic amines) is 1. The summed E-state index contributed by atoms with van der Waals surface area (Å²) >= 11 is 0. The lowest BCUT2D eigenvalue weighted by Crippen LogP contribution is -2.40. The third-order valence-electron chi connectivity index (χ3n) is 3.26. The Labute approximate surface area is 115 Å². The first-order chi connectivity index (χ1) is 8.96. The summed E-state index contributed by atoms with van der Waals surface area (Å²) in [7, 11) is 0. The molecule has 1 saturated heterocycles. The number of hydrogen-bond donors (Lipinski definition) is 0. The summed E-state index contributed by atoms with van der Waals surface area (Å²) in [4.78, 5) is 13.5. The Morgan fingerprint density at radius 3 is 2.26 bits per heavy atom. The summed E-state index contributed by atoms with van der Waals surface area (Å²) in [5, 5.41) is 0. The minimum atomic E-state index is -0.386. The lowest BCUT2D eigenvalue weighted by atomic mass is 10.2. The standard InChI is InChI=1S/C11H17NO2.C5H6/c1-11(2,3)14-10(13)12-7-8-4-5-9(12)6-8;1-2-4-5-3-1/h4-5,8-9H,6-7H2,1-3H3;1-4H,5H2. The average Bonchev–Trinajstić information content (AvgIpc) is 3.06. The van der Waals surface area contributed by atoms with E-state index >= 15 is 0 Å². The molecule has 3 nitrogen and oxygen atoms in total. The van der Waals surface area contributed by atoms with E-state index < -0.39 is 0 Å². The molecular weight excluding hydrogens is 238 g/mol. The Morgan fingerprint density at radius 2 is 1.89 bits per heavy atom. The number of nitrogens with zero attached hydrogens (tertiary/aromatic N) is 1. The van der Waals surface area contributed by atoms with E-state index in [9.17, 15) is 4.79 Å². The minimum absolute atomic E-state index is 0.172. The zero-order valence-corrected chi connectivity index (χ0v) is 12.0. The van der Waals surface area contributed by atoms with Crippen molar-refractivity contribution in [2.75, 3.05) is 6.54 Å². The Morgan fingerprint density at radius 1 is 1.21 bits per heavy atom. The number of hydrogen-bond acceptors (Lipinski definition) is 2. The summed E-state index contributed by atoms with van der Waals surface area (Å²) in [6.45, 7) is 6.52. The lowest BCUT2D eigenvalue weighted by Gasteiger charge is -2.28. The number of carbonyl (C=O) groups excluding carboxylic acids is 1. The molecule has 2 bridgehead atoms. The molecule has 3 rings (SSSR count). The normalized spacial score (nSPS) is 26.6. The second-order valence-corrected chi connectivity index (χ2v) is 6.17. The summed E-state index contributed by atoms with van der Waals surface area (Å²) in [6, 6.07) is 0.287. The Bertz CT molecular complexity index is 405. The molecular formula is C16H23NO2. The second kappa shape index (κ2) is 5.64. The van der Waals surface area contributed by atoms with Gasteiger partial charge in [0.15, 0.2) is 0 Å². The second-order valence-electron chi connectivity index (χ2n) is 6.17. The number of ether oxygens (including phenoxy) is 1. The molecule has 19 heavy (non-hydrogen) atoms. The fourth-order valence-corrected chi connectivity index (χ4v) is 2.43. The Hall–Kier alpha value is -1.51. The van der Waals surface area contributed by atoms with Crippen LogP contribution in [0.3, 0.4) is 0 Å². The van der Waals surface area contributed by atoms with Crippen LogP contribution in [0, 0.1) is 5.92 Å². The van der Waals surface area contributed by atoms with Gasteiger partial charge in [0.1, 0.15) is 5.60 Å². The summed E-state index contributed by atoms with van der Waals surface area (Å²) in [5.41, 5.74) is -0.386. The van der Waals surface area contributed by atoms with Crippen LogP contribution in [0.15, 0.2) is 36.5 Å². The van der Waals surface area contributed by atoms with E-state index in [1.807, 2.05) is 25.7 Å². The van der Waals surface area contributed by atoms with Crippen molar-refractivity contribution in [2.24, 2.45) is 5.92 Å². The van der Waals surface area contributed by atoms with Crippen LogP contribution < -0.4 is 0 Å². The van der Waals surface area contributed by atoms with Crippen LogP contribution in [0.5, 0.6) is 0 Å². The summed E-state index contributed by atoms with van der Waals surface area (Å²) in [5.74, 6) is 0.563. The third kappa shape index (κ3) is 3.98. The number of amides is 1. The van der Waals surface area contributed by atoms with E-state index in [4.69, 9.17) is 4.74 Å². The van der Waals surface area contributed by atoms with Crippen LogP contribution in [0.2, 0.25) is 0 Å². The summed E-state index contributed by atoms with van der Waals surface area (Å²) < 4.78 is 5.33. The topological polar surface area (TPSA) is 29.5 Å². The molecule has 1 aliphatic heterocycles. The molecule has 0 aromatic carbocycles. The molecule has 0 radical (unpaired) electrons. The van der Waals surface area contributed by atoms with Crippen molar-refractivity contribution in [3.05, 3.63) is 36.5 Å². The van der Waals surface area contributed by atoms with Crippen molar-refractivity contribution in [1.29, 1.82) is 0 Å². The van der Waals surface area contributed by atoms with Gasteiger partial charge in [0.25, 0.3) is 0 Å². The van der Waals surface area contributed by atoms with E-state index in [-0.39, 0.29) is 17.7 Å². The predicted octanol–water partition coefficient (Wildman–Crippen LogP) is 3.68. The fourth-order valence-electron chi connectivity index (χ4n) is 2.43. The number of allylic oxidation sites excluding steroid dienone is 4. The highest BCUT2D eigenvalue weighted by Crippen LogP contribution is 2.32. The van der Waals surface area contributed by atoms with E-state index in [2.05, 4.69) is 36.5 Å². The number of fused-ring (bicyclic) bond motifs is 2. The molecule has 3 heteroatoms. The van der Waals surface area contributed by atoms with Crippen molar-refractivity contribution in [2.45, 2.75) is 45.3 Å². The van der Waals surface area contributed by atoms with Crippen molar-refractivity contribution in [3.63, 3.8) is 0 Å². The molecule has 0 saturated carbocycles. The molecule has 2 unspecified atom stereocenters. The molecule has 0 spiro atoms. The minimum Gasteiger partial charge on any atom is -0.444 e. The van der Waals surface area contributed by atoms with Gasteiger partial charge in [-0.2, -0.15) is 0 Å². The third-order valence-corrected chi connectivity index (χ3v) is 3.26. The molecule has 2 aliphatic carbocycles. The molecule has 1 fully saturated rings. The Balaban J connectivity index is 0.000000224. The van der Waals surface area contributed by atoms with Crippen LogP contribution >= 0.6 is 0 Å². The molecule has 0 aromatic rings. The maximum atomic E-state index is 11.7. The quantitative estimate of drug-likeness (QED) is 0.622. The molecule has 3 aliphatic rings. The van der Waals surface area contributed by atoms with Gasteiger partial charge in [-0.05, 0) is 39.5 Å². The van der Waals surface area contributed by atoms with Crippen LogP contribution in [0.1, 0.15) is 33.6 Å². The van der Waals surface area contributed by atoms with Gasteiger partial charge in [-0.3, -0.25) is 0 Å². The predicted molar refractivity (Wildman–Crippen MR) is 76.9 cm³/mol. The van der Waals surface area contributed by atoms with Gasteiger partial charge in [0.05, 0.1) is 6.04 Å². The summed E-state index contributed by atoms with van der Waals surface area (Å²) in [6.07, 6.45) is 14.7. The van der Waals surface area contributed by atoms with Gasteiger partial charge in [-0.25, -0.2) is 4.79 Å². The van der Waals surface area contributed by atoms with Crippen molar-refractivity contribution in [3.8, 4) is 0 Å². The van der Waals surface area contributed by atoms with Crippen molar-refractivity contribution < 1.29 is 9.53 Å². The maximum Gasteiger partial charge on any atom is 0.410 e. The highest BCUT2D eigenvalue weighted by molar-refractivity contribution is 5.69. The van der Waals surface area contributed by atoms with Gasteiger partial charge in [0, 0.05) is 6.54 Å². The van der Waals surface area contributed by atoms with E-state index in [0.29, 0.717) is 5.92 Å². The van der Waals surface area contributed by atoms with Gasteiger partial charge >= 0.3 is 6.09 Å². The van der Waals surface area contributed by atoms with Crippen molar-refractivity contribution in [1.82, 2.24) is 4.90 Å². The first-order valence-corrected chi connectivity index (χ1v) is 6.95. The fraction of sp³-hybridized carbons (Fsp3) is 0.562. The molecule has 1 amide bonds. The van der Waals surface area contributed by atoms with Crippen LogP contribution in [-0.4, -0.2) is 29.2 Å². The number of rotatable bonds is 0. The largest absolute Gasteiger partial charge is 0.444 e. The van der Waals surface area contributed by atoms with Crippen molar-refractivity contribution >= 4 is 6.09 Å². The molecule has 0 aromatic heterocycles. The molecule has 104 valence electrons. The SMILES string of the molecule is C1=CCC=C1.CC(C)(C)OC(=O)N1CC2C=CC1C2. The first kappa shape index (κ1) is 13.9. The van der Waals surface area contributed by atoms with E-state index in [0.717, 1.165) is 19.4 Å². The lowest BCUT2D eigenvalue weighted by molar-refractivity contribution is 0.0247. The van der Waals surface area contributed by atoms with Gasteiger partial charge in [0.2, 0.25) is 0 Å². The maximum absolute atomic E-state index is 11.7. The van der Waals surface area contributed by atoms with E-state index in [1.165, 1.54) is 0 Å². The molecule has 1 heterocycles. The average molecular weight is 261 g/mol. The zero-order valence-electron chi connectivity index (χ0n) is 12.0. The van der Waals surface area contributed by atoms with Crippen LogP contribution in [0.25, 0.3) is 0 Å². The van der Waals surface area contributed by atoms with Crippen LogP contribution in [0.4, 0.5) is 4.79 Å². The van der Waals surface area contributed by atoms with Gasteiger partial charge in [-0.1, -0.05) is 36.5 Å². The molecule has 2 atom stereocenters. The van der Waals surface area contributed by atoms with Crippen LogP contribution in [-0.2, 0) is 4.74 Å². The van der Waals surface area contributed by atoms with Gasteiger partial charge < -0.3 is 9.64 Å². The first-order valence-electron chi connectivity index (χ1n) is 6.95. The highest BCUT2D eigenvalue weighted by Gasteiger charge is 2.38. The highest BCUT2D eigenvalue weighted by atomic mass is 16.6. The van der Waals surface area contributed by atoms with Gasteiger partial charge in [-0.15, -0.1) is 0 Å². The molecule has 0 N–H and O–H groups in total. The van der Waals surface area contributed by atoms with E-state index in [1.54, 1.807) is 0 Å². The smallest absolute Gasteiger partial charge is 0.410 e. The monoisotopic (exact) mass is 261 g/mol. The Kier molecular flexibility index (Phi) is 4.13. The number of carbonyl (C=O) groups is 1.